The Labute approximate surface area is 193 Å². The molecule has 33 heavy (non-hydrogen) atoms. The fourth-order valence-corrected chi connectivity index (χ4v) is 3.18. The topological polar surface area (TPSA) is 114 Å². The van der Waals surface area contributed by atoms with Gasteiger partial charge >= 0.3 is 12.1 Å². The fraction of sp³-hybridized carbons (Fsp3) is 0.360. The number of amides is 1. The number of aliphatic hydroxyl groups excluding tert-OH is 1. The second kappa shape index (κ2) is 13.9. The Morgan fingerprint density at radius 3 is 2.58 bits per heavy atom. The van der Waals surface area contributed by atoms with Crippen molar-refractivity contribution in [3.63, 3.8) is 0 Å². The highest BCUT2D eigenvalue weighted by Crippen LogP contribution is 2.30. The highest BCUT2D eigenvalue weighted by atomic mass is 16.6. The maximum atomic E-state index is 12.7. The van der Waals surface area contributed by atoms with Crippen molar-refractivity contribution < 1.29 is 34.0 Å². The lowest BCUT2D eigenvalue weighted by Gasteiger charge is -2.27. The number of carboxylic acids is 1. The van der Waals surface area contributed by atoms with Crippen LogP contribution >= 0.6 is 0 Å². The molecule has 2 atom stereocenters. The van der Waals surface area contributed by atoms with Crippen LogP contribution in [0.15, 0.2) is 60.7 Å². The molecule has 0 heterocycles. The second-order valence-electron chi connectivity index (χ2n) is 7.27. The summed E-state index contributed by atoms with van der Waals surface area (Å²) >= 11 is 0. The van der Waals surface area contributed by atoms with Crippen molar-refractivity contribution in [1.29, 1.82) is 0 Å². The second-order valence-corrected chi connectivity index (χ2v) is 7.27. The van der Waals surface area contributed by atoms with Crippen LogP contribution in [0, 0.1) is 6.92 Å². The molecule has 0 aromatic heterocycles. The lowest BCUT2D eigenvalue weighted by molar-refractivity contribution is -0.131. The van der Waals surface area contributed by atoms with Gasteiger partial charge in [0.2, 0.25) is 0 Å². The van der Waals surface area contributed by atoms with Crippen LogP contribution in [0.1, 0.15) is 37.0 Å². The van der Waals surface area contributed by atoms with Crippen LogP contribution in [-0.2, 0) is 14.3 Å². The van der Waals surface area contributed by atoms with E-state index in [1.165, 1.54) is 0 Å². The standard InChI is InChI=1S/C25H31NO7/c1-3-31-22(9-4-5-10-23(28)29)24(19-7-6-8-21(17-19)32-16-15-27)33-25(30)26-20-13-11-18(2)12-14-20/h5-8,10-14,17,22,24,27H,3-4,9,15-16H2,1-2H3,(H,26,30)(H,28,29)/b10-5+/t22-,24-/m1/s1. The van der Waals surface area contributed by atoms with Gasteiger partial charge in [0.1, 0.15) is 12.4 Å². The summed E-state index contributed by atoms with van der Waals surface area (Å²) < 4.78 is 17.2. The maximum Gasteiger partial charge on any atom is 0.412 e. The molecule has 0 fully saturated rings. The molecule has 2 aromatic rings. The molecule has 0 saturated heterocycles. The molecule has 178 valence electrons. The lowest BCUT2D eigenvalue weighted by atomic mass is 10.00. The van der Waals surface area contributed by atoms with Crippen molar-refractivity contribution in [3.8, 4) is 5.75 Å². The largest absolute Gasteiger partial charge is 0.491 e. The predicted molar refractivity (Wildman–Crippen MR) is 124 cm³/mol. The molecule has 2 rings (SSSR count). The Hall–Kier alpha value is -3.36. The molecule has 2 aromatic carbocycles. The molecule has 0 aliphatic rings. The molecule has 3 N–H and O–H groups in total. The summed E-state index contributed by atoms with van der Waals surface area (Å²) in [6, 6.07) is 14.4. The zero-order valence-electron chi connectivity index (χ0n) is 18.9. The molecule has 0 unspecified atom stereocenters. The Kier molecular flexibility index (Phi) is 10.9. The third-order valence-corrected chi connectivity index (χ3v) is 4.68. The summed E-state index contributed by atoms with van der Waals surface area (Å²) in [5.74, 6) is -0.503. The van der Waals surface area contributed by atoms with Crippen LogP contribution < -0.4 is 10.1 Å². The molecule has 0 bridgehead atoms. The molecular weight excluding hydrogens is 426 g/mol. The van der Waals surface area contributed by atoms with Gasteiger partial charge < -0.3 is 24.4 Å². The number of aryl methyl sites for hydroxylation is 1. The van der Waals surface area contributed by atoms with E-state index >= 15 is 0 Å². The summed E-state index contributed by atoms with van der Waals surface area (Å²) in [5.41, 5.74) is 2.32. The Morgan fingerprint density at radius 2 is 1.91 bits per heavy atom. The van der Waals surface area contributed by atoms with E-state index in [0.717, 1.165) is 11.6 Å². The van der Waals surface area contributed by atoms with Gasteiger partial charge in [-0.1, -0.05) is 35.9 Å². The number of hydrogen-bond acceptors (Lipinski definition) is 6. The number of hydrogen-bond donors (Lipinski definition) is 3. The minimum absolute atomic E-state index is 0.124. The van der Waals surface area contributed by atoms with Gasteiger partial charge in [0, 0.05) is 18.4 Å². The van der Waals surface area contributed by atoms with E-state index < -0.39 is 24.3 Å². The molecule has 0 aliphatic heterocycles. The number of rotatable bonds is 13. The van der Waals surface area contributed by atoms with Gasteiger partial charge in [0.05, 0.1) is 12.7 Å². The Morgan fingerprint density at radius 1 is 1.15 bits per heavy atom. The zero-order chi connectivity index (χ0) is 24.1. The van der Waals surface area contributed by atoms with E-state index in [-0.39, 0.29) is 13.2 Å². The van der Waals surface area contributed by atoms with E-state index in [1.54, 1.807) is 42.5 Å². The number of aliphatic hydroxyl groups is 1. The van der Waals surface area contributed by atoms with Crippen molar-refractivity contribution in [1.82, 2.24) is 0 Å². The highest BCUT2D eigenvalue weighted by Gasteiger charge is 2.28. The van der Waals surface area contributed by atoms with Gasteiger partial charge in [0.25, 0.3) is 0 Å². The molecule has 0 saturated carbocycles. The minimum atomic E-state index is -1.03. The number of allylic oxidation sites excluding steroid dienone is 1. The molecule has 8 heteroatoms. The number of carbonyl (C=O) groups is 2. The SMILES string of the molecule is CCO[C@H](CC/C=C/C(=O)O)[C@H](OC(=O)Nc1ccc(C)cc1)c1cccc(OCCO)c1. The van der Waals surface area contributed by atoms with Crippen LogP contribution in [-0.4, -0.2) is 48.2 Å². The van der Waals surface area contributed by atoms with Gasteiger partial charge in [-0.25, -0.2) is 9.59 Å². The van der Waals surface area contributed by atoms with Crippen LogP contribution in [0.25, 0.3) is 0 Å². The average Bonchev–Trinajstić information content (AvgIpc) is 2.80. The first-order chi connectivity index (χ1) is 15.9. The van der Waals surface area contributed by atoms with Gasteiger partial charge in [-0.2, -0.15) is 0 Å². The number of carboxylic acid groups (broad SMARTS) is 1. The summed E-state index contributed by atoms with van der Waals surface area (Å²) in [5, 5.41) is 20.6. The van der Waals surface area contributed by atoms with E-state index in [0.29, 0.717) is 36.4 Å². The van der Waals surface area contributed by atoms with Crippen molar-refractivity contribution in [2.24, 2.45) is 0 Å². The summed E-state index contributed by atoms with van der Waals surface area (Å²) in [7, 11) is 0. The van der Waals surface area contributed by atoms with E-state index in [1.807, 2.05) is 26.0 Å². The minimum Gasteiger partial charge on any atom is -0.491 e. The molecule has 0 spiro atoms. The third-order valence-electron chi connectivity index (χ3n) is 4.68. The van der Waals surface area contributed by atoms with Crippen LogP contribution in [0.5, 0.6) is 5.75 Å². The van der Waals surface area contributed by atoms with E-state index in [9.17, 15) is 9.59 Å². The van der Waals surface area contributed by atoms with Crippen molar-refractivity contribution in [2.75, 3.05) is 25.1 Å². The number of ether oxygens (including phenoxy) is 3. The first kappa shape index (κ1) is 25.9. The molecular formula is C25H31NO7. The first-order valence-electron chi connectivity index (χ1n) is 10.8. The number of anilines is 1. The normalized spacial score (nSPS) is 12.8. The number of nitrogens with one attached hydrogen (secondary N) is 1. The number of aliphatic carboxylic acids is 1. The van der Waals surface area contributed by atoms with Crippen LogP contribution in [0.4, 0.5) is 10.5 Å². The highest BCUT2D eigenvalue weighted by molar-refractivity contribution is 5.84. The Bertz CT molecular complexity index is 911. The van der Waals surface area contributed by atoms with Crippen molar-refractivity contribution in [3.05, 3.63) is 71.8 Å². The summed E-state index contributed by atoms with van der Waals surface area (Å²) in [6.07, 6.45) is 1.54. The van der Waals surface area contributed by atoms with Crippen LogP contribution in [0.2, 0.25) is 0 Å². The smallest absolute Gasteiger partial charge is 0.412 e. The monoisotopic (exact) mass is 457 g/mol. The molecule has 0 radical (unpaired) electrons. The molecule has 1 amide bonds. The molecule has 0 aliphatic carbocycles. The number of benzene rings is 2. The Balaban J connectivity index is 2.25. The lowest BCUT2D eigenvalue weighted by Crippen LogP contribution is -2.29. The van der Waals surface area contributed by atoms with Crippen LogP contribution in [0.3, 0.4) is 0 Å². The van der Waals surface area contributed by atoms with Gasteiger partial charge in [-0.15, -0.1) is 0 Å². The predicted octanol–water partition coefficient (Wildman–Crippen LogP) is 4.48. The average molecular weight is 458 g/mol. The van der Waals surface area contributed by atoms with Gasteiger partial charge in [-0.3, -0.25) is 5.32 Å². The summed E-state index contributed by atoms with van der Waals surface area (Å²) in [6.45, 7) is 4.19. The van der Waals surface area contributed by atoms with E-state index in [2.05, 4.69) is 5.32 Å². The zero-order valence-corrected chi connectivity index (χ0v) is 18.9. The molecule has 8 nitrogen and oxygen atoms in total. The maximum absolute atomic E-state index is 12.7. The summed E-state index contributed by atoms with van der Waals surface area (Å²) in [4.78, 5) is 23.5. The van der Waals surface area contributed by atoms with Crippen molar-refractivity contribution in [2.45, 2.75) is 38.9 Å². The quantitative estimate of drug-likeness (QED) is 0.380. The van der Waals surface area contributed by atoms with E-state index in [4.69, 9.17) is 24.4 Å². The first-order valence-corrected chi connectivity index (χ1v) is 10.8. The van der Waals surface area contributed by atoms with Gasteiger partial charge in [0.15, 0.2) is 6.10 Å². The third kappa shape index (κ3) is 9.34. The van der Waals surface area contributed by atoms with Crippen molar-refractivity contribution >= 4 is 17.7 Å². The fourth-order valence-electron chi connectivity index (χ4n) is 3.18. The van der Waals surface area contributed by atoms with Gasteiger partial charge in [-0.05, 0) is 56.5 Å². The number of carbonyl (C=O) groups excluding carboxylic acids is 1.